The van der Waals surface area contributed by atoms with Crippen molar-refractivity contribution >= 4 is 11.7 Å². The minimum absolute atomic E-state index is 0.0828. The van der Waals surface area contributed by atoms with Crippen molar-refractivity contribution in [3.63, 3.8) is 0 Å². The Morgan fingerprint density at radius 2 is 2.33 bits per heavy atom. The van der Waals surface area contributed by atoms with Crippen LogP contribution in [-0.2, 0) is 4.79 Å². The molecule has 0 spiro atoms. The van der Waals surface area contributed by atoms with E-state index in [-0.39, 0.29) is 6.42 Å². The van der Waals surface area contributed by atoms with Crippen LogP contribution in [0.1, 0.15) is 17.5 Å². The van der Waals surface area contributed by atoms with Crippen LogP contribution in [0.5, 0.6) is 0 Å². The van der Waals surface area contributed by atoms with Gasteiger partial charge < -0.3 is 10.4 Å². The molecule has 0 saturated carbocycles. The number of hydrogen-bond acceptors (Lipinski definition) is 3. The molecular weight excluding hydrogens is 192 g/mol. The van der Waals surface area contributed by atoms with Gasteiger partial charge in [-0.3, -0.25) is 4.79 Å². The number of aryl methyl sites for hydroxylation is 1. The van der Waals surface area contributed by atoms with Crippen LogP contribution in [-0.4, -0.2) is 17.6 Å². The van der Waals surface area contributed by atoms with Crippen molar-refractivity contribution in [2.75, 3.05) is 11.9 Å². The summed E-state index contributed by atoms with van der Waals surface area (Å²) in [6.07, 6.45) is 0.0828. The molecule has 0 unspecified atom stereocenters. The third-order valence-corrected chi connectivity index (χ3v) is 2.01. The Balaban J connectivity index is 2.63. The summed E-state index contributed by atoms with van der Waals surface area (Å²) in [4.78, 5) is 10.3. The van der Waals surface area contributed by atoms with E-state index in [0.717, 1.165) is 11.3 Å². The van der Waals surface area contributed by atoms with Gasteiger partial charge >= 0.3 is 5.97 Å². The first-order chi connectivity index (χ1) is 7.13. The summed E-state index contributed by atoms with van der Waals surface area (Å²) in [6.45, 7) is 2.27. The number of nitriles is 1. The Labute approximate surface area is 88.2 Å². The van der Waals surface area contributed by atoms with E-state index in [2.05, 4.69) is 5.32 Å². The van der Waals surface area contributed by atoms with E-state index >= 15 is 0 Å². The van der Waals surface area contributed by atoms with Gasteiger partial charge in [-0.25, -0.2) is 0 Å². The SMILES string of the molecule is Cc1cc(C#N)ccc1NCCC(=O)O. The van der Waals surface area contributed by atoms with Gasteiger partial charge in [-0.1, -0.05) is 0 Å². The number of nitrogens with zero attached hydrogens (tertiary/aromatic N) is 1. The highest BCUT2D eigenvalue weighted by atomic mass is 16.4. The highest BCUT2D eigenvalue weighted by molar-refractivity contribution is 5.67. The maximum absolute atomic E-state index is 10.3. The van der Waals surface area contributed by atoms with Gasteiger partial charge in [0, 0.05) is 12.2 Å². The van der Waals surface area contributed by atoms with E-state index in [1.54, 1.807) is 18.2 Å². The van der Waals surface area contributed by atoms with Crippen LogP contribution in [0.3, 0.4) is 0 Å². The van der Waals surface area contributed by atoms with Crippen molar-refractivity contribution < 1.29 is 9.90 Å². The molecule has 15 heavy (non-hydrogen) atoms. The van der Waals surface area contributed by atoms with Gasteiger partial charge in [-0.2, -0.15) is 5.26 Å². The minimum atomic E-state index is -0.825. The molecule has 0 atom stereocenters. The first-order valence-electron chi connectivity index (χ1n) is 4.60. The Kier molecular flexibility index (Phi) is 3.69. The number of rotatable bonds is 4. The molecule has 0 saturated heterocycles. The molecule has 0 aliphatic rings. The molecule has 0 bridgehead atoms. The molecule has 0 amide bonds. The number of carbonyl (C=O) groups is 1. The van der Waals surface area contributed by atoms with Gasteiger partial charge in [0.05, 0.1) is 18.1 Å². The molecule has 0 radical (unpaired) electrons. The smallest absolute Gasteiger partial charge is 0.305 e. The second-order valence-corrected chi connectivity index (χ2v) is 3.21. The third kappa shape index (κ3) is 3.31. The molecule has 1 aromatic carbocycles. The second-order valence-electron chi connectivity index (χ2n) is 3.21. The standard InChI is InChI=1S/C11H12N2O2/c1-8-6-9(7-12)2-3-10(8)13-5-4-11(14)15/h2-3,6,13H,4-5H2,1H3,(H,14,15). The van der Waals surface area contributed by atoms with E-state index in [4.69, 9.17) is 10.4 Å². The maximum atomic E-state index is 10.3. The average molecular weight is 204 g/mol. The number of carboxylic acid groups (broad SMARTS) is 1. The monoisotopic (exact) mass is 204 g/mol. The highest BCUT2D eigenvalue weighted by Crippen LogP contribution is 2.15. The van der Waals surface area contributed by atoms with Crippen LogP contribution < -0.4 is 5.32 Å². The quantitative estimate of drug-likeness (QED) is 0.783. The Morgan fingerprint density at radius 3 is 2.87 bits per heavy atom. The van der Waals surface area contributed by atoms with Gasteiger partial charge in [-0.05, 0) is 30.7 Å². The predicted molar refractivity (Wildman–Crippen MR) is 56.6 cm³/mol. The molecule has 4 heteroatoms. The first-order valence-corrected chi connectivity index (χ1v) is 4.60. The maximum Gasteiger partial charge on any atom is 0.305 e. The normalized spacial score (nSPS) is 9.33. The van der Waals surface area contributed by atoms with Crippen LogP contribution in [0.15, 0.2) is 18.2 Å². The molecular formula is C11H12N2O2. The number of nitrogens with one attached hydrogen (secondary N) is 1. The van der Waals surface area contributed by atoms with Gasteiger partial charge in [0.25, 0.3) is 0 Å². The van der Waals surface area contributed by atoms with Crippen molar-refractivity contribution in [2.24, 2.45) is 0 Å². The minimum Gasteiger partial charge on any atom is -0.481 e. The topological polar surface area (TPSA) is 73.1 Å². The molecule has 4 nitrogen and oxygen atoms in total. The fourth-order valence-electron chi connectivity index (χ4n) is 1.24. The zero-order chi connectivity index (χ0) is 11.3. The van der Waals surface area contributed by atoms with Crippen molar-refractivity contribution in [3.05, 3.63) is 29.3 Å². The van der Waals surface area contributed by atoms with Gasteiger partial charge in [0.2, 0.25) is 0 Å². The van der Waals surface area contributed by atoms with Crippen LogP contribution in [0, 0.1) is 18.3 Å². The van der Waals surface area contributed by atoms with E-state index < -0.39 is 5.97 Å². The summed E-state index contributed by atoms with van der Waals surface area (Å²) in [5.41, 5.74) is 2.42. The predicted octanol–water partition coefficient (Wildman–Crippen LogP) is 1.75. The molecule has 0 aliphatic heterocycles. The van der Waals surface area contributed by atoms with Gasteiger partial charge in [0.1, 0.15) is 0 Å². The molecule has 78 valence electrons. The number of hydrogen-bond donors (Lipinski definition) is 2. The van der Waals surface area contributed by atoms with E-state index in [0.29, 0.717) is 12.1 Å². The summed E-state index contributed by atoms with van der Waals surface area (Å²) < 4.78 is 0. The summed E-state index contributed by atoms with van der Waals surface area (Å²) in [5.74, 6) is -0.825. The Morgan fingerprint density at radius 1 is 1.60 bits per heavy atom. The second kappa shape index (κ2) is 5.01. The lowest BCUT2D eigenvalue weighted by Gasteiger charge is -2.08. The van der Waals surface area contributed by atoms with Crippen molar-refractivity contribution in [1.29, 1.82) is 5.26 Å². The molecule has 1 rings (SSSR count). The van der Waals surface area contributed by atoms with Crippen LogP contribution >= 0.6 is 0 Å². The Bertz CT molecular complexity index is 408. The summed E-state index contributed by atoms with van der Waals surface area (Å²) in [6, 6.07) is 7.31. The Hall–Kier alpha value is -2.02. The fourth-order valence-corrected chi connectivity index (χ4v) is 1.24. The molecule has 0 aromatic heterocycles. The molecule has 2 N–H and O–H groups in total. The summed E-state index contributed by atoms with van der Waals surface area (Å²) in [5, 5.41) is 20.1. The average Bonchev–Trinajstić information content (AvgIpc) is 2.20. The number of aliphatic carboxylic acids is 1. The van der Waals surface area contributed by atoms with E-state index in [9.17, 15) is 4.79 Å². The van der Waals surface area contributed by atoms with Gasteiger partial charge in [-0.15, -0.1) is 0 Å². The molecule has 0 aliphatic carbocycles. The molecule has 0 fully saturated rings. The van der Waals surface area contributed by atoms with Crippen molar-refractivity contribution in [1.82, 2.24) is 0 Å². The zero-order valence-electron chi connectivity index (χ0n) is 8.45. The summed E-state index contributed by atoms with van der Waals surface area (Å²) >= 11 is 0. The van der Waals surface area contributed by atoms with Gasteiger partial charge in [0.15, 0.2) is 0 Å². The highest BCUT2D eigenvalue weighted by Gasteiger charge is 2.00. The lowest BCUT2D eigenvalue weighted by atomic mass is 10.1. The largest absolute Gasteiger partial charge is 0.481 e. The number of benzene rings is 1. The summed E-state index contributed by atoms with van der Waals surface area (Å²) in [7, 11) is 0. The van der Waals surface area contributed by atoms with Crippen LogP contribution in [0.25, 0.3) is 0 Å². The number of carboxylic acids is 1. The van der Waals surface area contributed by atoms with Crippen LogP contribution in [0.2, 0.25) is 0 Å². The van der Waals surface area contributed by atoms with E-state index in [1.165, 1.54) is 0 Å². The molecule has 0 heterocycles. The van der Waals surface area contributed by atoms with Crippen LogP contribution in [0.4, 0.5) is 5.69 Å². The lowest BCUT2D eigenvalue weighted by molar-refractivity contribution is -0.136. The number of anilines is 1. The van der Waals surface area contributed by atoms with Crippen molar-refractivity contribution in [3.8, 4) is 6.07 Å². The lowest BCUT2D eigenvalue weighted by Crippen LogP contribution is -2.08. The fraction of sp³-hybridized carbons (Fsp3) is 0.273. The van der Waals surface area contributed by atoms with E-state index in [1.807, 2.05) is 13.0 Å². The van der Waals surface area contributed by atoms with Crippen molar-refractivity contribution in [2.45, 2.75) is 13.3 Å². The first kappa shape index (κ1) is 11.1. The molecule has 1 aromatic rings. The zero-order valence-corrected chi connectivity index (χ0v) is 8.45. The third-order valence-electron chi connectivity index (χ3n) is 2.01.